The fourth-order valence-corrected chi connectivity index (χ4v) is 2.42. The van der Waals surface area contributed by atoms with Gasteiger partial charge in [-0.05, 0) is 39.9 Å². The minimum absolute atomic E-state index is 0.0640. The van der Waals surface area contributed by atoms with Crippen LogP contribution in [0.4, 0.5) is 0 Å². The van der Waals surface area contributed by atoms with E-state index in [9.17, 15) is 4.79 Å². The molecule has 1 amide bonds. The van der Waals surface area contributed by atoms with Gasteiger partial charge >= 0.3 is 0 Å². The Kier molecular flexibility index (Phi) is 4.36. The maximum atomic E-state index is 12.0. The fraction of sp³-hybridized carbons (Fsp3) is 0.917. The second-order valence-corrected chi connectivity index (χ2v) is 5.36. The Morgan fingerprint density at radius 2 is 1.94 bits per heavy atom. The molecule has 2 aliphatic rings. The highest BCUT2D eigenvalue weighted by atomic mass is 16.2. The molecule has 2 rings (SSSR count). The maximum Gasteiger partial charge on any atom is 0.238 e. The van der Waals surface area contributed by atoms with Crippen molar-refractivity contribution in [2.24, 2.45) is 0 Å². The highest BCUT2D eigenvalue weighted by Gasteiger charge is 2.26. The van der Waals surface area contributed by atoms with Crippen molar-refractivity contribution < 1.29 is 4.79 Å². The molecule has 2 atom stereocenters. The van der Waals surface area contributed by atoms with Gasteiger partial charge in [-0.3, -0.25) is 4.79 Å². The van der Waals surface area contributed by atoms with Crippen molar-refractivity contribution in [3.8, 4) is 0 Å². The van der Waals surface area contributed by atoms with Crippen molar-refractivity contribution in [3.05, 3.63) is 0 Å². The first kappa shape index (κ1) is 12.8. The smallest absolute Gasteiger partial charge is 0.238 e. The SMILES string of the molecule is CC1CNC(C(=O)NC2CCN(C)CC2)CN1. The van der Waals surface area contributed by atoms with E-state index in [2.05, 4.69) is 34.8 Å². The molecule has 98 valence electrons. The molecule has 5 heteroatoms. The molecule has 3 N–H and O–H groups in total. The average molecular weight is 240 g/mol. The Bertz CT molecular complexity index is 255. The molecule has 0 aromatic carbocycles. The normalized spacial score (nSPS) is 32.4. The third kappa shape index (κ3) is 3.66. The second-order valence-electron chi connectivity index (χ2n) is 5.36. The minimum atomic E-state index is -0.0640. The average Bonchev–Trinajstić information content (AvgIpc) is 2.33. The summed E-state index contributed by atoms with van der Waals surface area (Å²) in [6, 6.07) is 0.757. The van der Waals surface area contributed by atoms with E-state index in [0.29, 0.717) is 12.1 Å². The number of nitrogens with zero attached hydrogens (tertiary/aromatic N) is 1. The number of hydrogen-bond acceptors (Lipinski definition) is 4. The molecule has 2 aliphatic heterocycles. The molecule has 0 bridgehead atoms. The second kappa shape index (κ2) is 5.80. The number of piperidine rings is 1. The topological polar surface area (TPSA) is 56.4 Å². The molecule has 0 aromatic rings. The standard InChI is InChI=1S/C12H24N4O/c1-9-7-14-11(8-13-9)12(17)15-10-3-5-16(2)6-4-10/h9-11,13-14H,3-8H2,1-2H3,(H,15,17). The van der Waals surface area contributed by atoms with E-state index in [1.54, 1.807) is 0 Å². The van der Waals surface area contributed by atoms with Gasteiger partial charge in [-0.1, -0.05) is 0 Å². The Balaban J connectivity index is 1.73. The summed E-state index contributed by atoms with van der Waals surface area (Å²) in [6.45, 7) is 5.89. The largest absolute Gasteiger partial charge is 0.352 e. The number of piperazine rings is 1. The zero-order valence-electron chi connectivity index (χ0n) is 10.8. The molecule has 2 heterocycles. The number of carbonyl (C=O) groups excluding carboxylic acids is 1. The lowest BCUT2D eigenvalue weighted by Gasteiger charge is -2.32. The molecule has 5 nitrogen and oxygen atoms in total. The first-order valence-corrected chi connectivity index (χ1v) is 6.61. The van der Waals surface area contributed by atoms with Crippen LogP contribution < -0.4 is 16.0 Å². The summed E-state index contributed by atoms with van der Waals surface area (Å²) in [6.07, 6.45) is 2.14. The summed E-state index contributed by atoms with van der Waals surface area (Å²) in [5, 5.41) is 9.76. The Labute approximate surface area is 103 Å². The first-order chi connectivity index (χ1) is 8.15. The van der Waals surface area contributed by atoms with E-state index in [1.807, 2.05) is 0 Å². The molecule has 0 spiro atoms. The zero-order chi connectivity index (χ0) is 12.3. The number of carbonyl (C=O) groups is 1. The summed E-state index contributed by atoms with van der Waals surface area (Å²) in [4.78, 5) is 14.3. The minimum Gasteiger partial charge on any atom is -0.352 e. The van der Waals surface area contributed by atoms with E-state index >= 15 is 0 Å². The van der Waals surface area contributed by atoms with Gasteiger partial charge < -0.3 is 20.9 Å². The lowest BCUT2D eigenvalue weighted by atomic mass is 10.0. The van der Waals surface area contributed by atoms with Crippen LogP contribution in [0.2, 0.25) is 0 Å². The first-order valence-electron chi connectivity index (χ1n) is 6.61. The van der Waals surface area contributed by atoms with E-state index in [-0.39, 0.29) is 11.9 Å². The van der Waals surface area contributed by atoms with Gasteiger partial charge in [0.25, 0.3) is 0 Å². The van der Waals surface area contributed by atoms with E-state index in [1.165, 1.54) is 0 Å². The summed E-state index contributed by atoms with van der Waals surface area (Å²) in [5.74, 6) is 0.152. The lowest BCUT2D eigenvalue weighted by molar-refractivity contribution is -0.124. The quantitative estimate of drug-likeness (QED) is 0.588. The van der Waals surface area contributed by atoms with Crippen molar-refractivity contribution in [3.63, 3.8) is 0 Å². The van der Waals surface area contributed by atoms with Crippen LogP contribution in [-0.2, 0) is 4.79 Å². The van der Waals surface area contributed by atoms with Crippen LogP contribution in [0.3, 0.4) is 0 Å². The van der Waals surface area contributed by atoms with Gasteiger partial charge in [0.1, 0.15) is 0 Å². The van der Waals surface area contributed by atoms with Crippen LogP contribution in [0.15, 0.2) is 0 Å². The molecule has 2 fully saturated rings. The van der Waals surface area contributed by atoms with E-state index < -0.39 is 0 Å². The number of rotatable bonds is 2. The molecular weight excluding hydrogens is 216 g/mol. The zero-order valence-corrected chi connectivity index (χ0v) is 10.8. The van der Waals surface area contributed by atoms with Gasteiger partial charge in [-0.25, -0.2) is 0 Å². The number of nitrogens with one attached hydrogen (secondary N) is 3. The predicted molar refractivity (Wildman–Crippen MR) is 67.9 cm³/mol. The van der Waals surface area contributed by atoms with Gasteiger partial charge in [-0.2, -0.15) is 0 Å². The highest BCUT2D eigenvalue weighted by molar-refractivity contribution is 5.82. The van der Waals surface area contributed by atoms with Crippen LogP contribution in [0, 0.1) is 0 Å². The Morgan fingerprint density at radius 3 is 2.53 bits per heavy atom. The van der Waals surface area contributed by atoms with Crippen LogP contribution in [0.1, 0.15) is 19.8 Å². The Morgan fingerprint density at radius 1 is 1.24 bits per heavy atom. The number of likely N-dealkylation sites (tertiary alicyclic amines) is 1. The molecule has 2 unspecified atom stereocenters. The van der Waals surface area contributed by atoms with Gasteiger partial charge in [0.05, 0.1) is 6.04 Å². The number of hydrogen-bond donors (Lipinski definition) is 3. The molecule has 17 heavy (non-hydrogen) atoms. The van der Waals surface area contributed by atoms with Crippen molar-refractivity contribution in [1.82, 2.24) is 20.9 Å². The molecule has 0 aromatic heterocycles. The van der Waals surface area contributed by atoms with E-state index in [4.69, 9.17) is 0 Å². The summed E-state index contributed by atoms with van der Waals surface area (Å²) in [5.41, 5.74) is 0. The number of amides is 1. The Hall–Kier alpha value is -0.650. The third-order valence-electron chi connectivity index (χ3n) is 3.72. The van der Waals surface area contributed by atoms with Crippen molar-refractivity contribution in [2.45, 2.75) is 37.9 Å². The lowest BCUT2D eigenvalue weighted by Crippen LogP contribution is -2.60. The predicted octanol–water partition coefficient (Wildman–Crippen LogP) is -0.853. The van der Waals surface area contributed by atoms with Crippen molar-refractivity contribution in [1.29, 1.82) is 0 Å². The van der Waals surface area contributed by atoms with Crippen LogP contribution in [-0.4, -0.2) is 62.2 Å². The molecule has 0 saturated carbocycles. The van der Waals surface area contributed by atoms with Gasteiger partial charge in [0, 0.05) is 25.2 Å². The van der Waals surface area contributed by atoms with Crippen molar-refractivity contribution in [2.75, 3.05) is 33.2 Å². The van der Waals surface area contributed by atoms with Gasteiger partial charge in [0.15, 0.2) is 0 Å². The molecule has 2 saturated heterocycles. The summed E-state index contributed by atoms with van der Waals surface area (Å²) < 4.78 is 0. The fourth-order valence-electron chi connectivity index (χ4n) is 2.42. The van der Waals surface area contributed by atoms with Gasteiger partial charge in [0.2, 0.25) is 5.91 Å². The summed E-state index contributed by atoms with van der Waals surface area (Å²) in [7, 11) is 2.13. The maximum absolute atomic E-state index is 12.0. The molecule has 0 aliphatic carbocycles. The van der Waals surface area contributed by atoms with E-state index in [0.717, 1.165) is 39.0 Å². The third-order valence-corrected chi connectivity index (χ3v) is 3.72. The van der Waals surface area contributed by atoms with Crippen LogP contribution in [0.25, 0.3) is 0 Å². The summed E-state index contributed by atoms with van der Waals surface area (Å²) >= 11 is 0. The van der Waals surface area contributed by atoms with Gasteiger partial charge in [-0.15, -0.1) is 0 Å². The molecule has 0 radical (unpaired) electrons. The highest BCUT2D eigenvalue weighted by Crippen LogP contribution is 2.08. The van der Waals surface area contributed by atoms with Crippen LogP contribution in [0.5, 0.6) is 0 Å². The monoisotopic (exact) mass is 240 g/mol. The van der Waals surface area contributed by atoms with Crippen molar-refractivity contribution >= 4 is 5.91 Å². The molecular formula is C12H24N4O. The van der Waals surface area contributed by atoms with Crippen LogP contribution >= 0.6 is 0 Å².